The molecule has 0 radical (unpaired) electrons. The third-order valence-electron chi connectivity index (χ3n) is 5.01. The number of para-hydroxylation sites is 1. The maximum atomic E-state index is 13.5. The minimum atomic E-state index is -4.57. The maximum Gasteiger partial charge on any atom is 0.417 e. The SMILES string of the molecule is Cc1cc(C(F)(F)F)c2c(N)c(C(=O)N3CCN(c4ccccc4)CC3)sc2n1. The molecule has 1 aromatic carbocycles. The van der Waals surface area contributed by atoms with E-state index in [4.69, 9.17) is 5.73 Å². The van der Waals surface area contributed by atoms with Gasteiger partial charge in [0.1, 0.15) is 9.71 Å². The number of piperazine rings is 1. The highest BCUT2D eigenvalue weighted by Crippen LogP contribution is 2.42. The summed E-state index contributed by atoms with van der Waals surface area (Å²) < 4.78 is 40.4. The summed E-state index contributed by atoms with van der Waals surface area (Å²) in [6.07, 6.45) is -4.57. The number of carbonyl (C=O) groups excluding carboxylic acids is 1. The summed E-state index contributed by atoms with van der Waals surface area (Å²) in [5.41, 5.74) is 6.36. The molecule has 152 valence electrons. The molecule has 2 aromatic heterocycles. The van der Waals surface area contributed by atoms with Crippen molar-refractivity contribution in [2.75, 3.05) is 36.8 Å². The summed E-state index contributed by atoms with van der Waals surface area (Å²) in [4.78, 5) is 21.3. The summed E-state index contributed by atoms with van der Waals surface area (Å²) in [5.74, 6) is -0.344. The number of anilines is 2. The smallest absolute Gasteiger partial charge is 0.397 e. The van der Waals surface area contributed by atoms with E-state index in [0.29, 0.717) is 26.2 Å². The van der Waals surface area contributed by atoms with E-state index in [0.717, 1.165) is 23.1 Å². The zero-order valence-electron chi connectivity index (χ0n) is 15.7. The Hall–Kier alpha value is -2.81. The summed E-state index contributed by atoms with van der Waals surface area (Å²) in [7, 11) is 0. The Morgan fingerprint density at radius 3 is 2.41 bits per heavy atom. The summed E-state index contributed by atoms with van der Waals surface area (Å²) in [6, 6.07) is 10.8. The summed E-state index contributed by atoms with van der Waals surface area (Å²) >= 11 is 0.926. The monoisotopic (exact) mass is 420 g/mol. The summed E-state index contributed by atoms with van der Waals surface area (Å²) in [6.45, 7) is 3.73. The fourth-order valence-electron chi connectivity index (χ4n) is 3.58. The van der Waals surface area contributed by atoms with Crippen LogP contribution in [0.3, 0.4) is 0 Å². The molecule has 0 aliphatic carbocycles. The van der Waals surface area contributed by atoms with Crippen LogP contribution in [0.1, 0.15) is 20.9 Å². The van der Waals surface area contributed by atoms with E-state index in [-0.39, 0.29) is 32.4 Å². The van der Waals surface area contributed by atoms with E-state index in [1.807, 2.05) is 30.3 Å². The highest BCUT2D eigenvalue weighted by Gasteiger charge is 2.36. The Morgan fingerprint density at radius 1 is 1.14 bits per heavy atom. The minimum Gasteiger partial charge on any atom is -0.397 e. The molecule has 1 amide bonds. The van der Waals surface area contributed by atoms with Crippen molar-refractivity contribution in [3.63, 3.8) is 0 Å². The molecule has 3 aromatic rings. The fraction of sp³-hybridized carbons (Fsp3) is 0.300. The lowest BCUT2D eigenvalue weighted by atomic mass is 10.1. The number of nitrogen functional groups attached to an aromatic ring is 1. The number of rotatable bonds is 2. The molecular formula is C20H19F3N4OS. The lowest BCUT2D eigenvalue weighted by Crippen LogP contribution is -2.48. The van der Waals surface area contributed by atoms with Crippen molar-refractivity contribution in [1.29, 1.82) is 0 Å². The first-order chi connectivity index (χ1) is 13.8. The van der Waals surface area contributed by atoms with Gasteiger partial charge in [-0.3, -0.25) is 4.79 Å². The van der Waals surface area contributed by atoms with E-state index in [2.05, 4.69) is 9.88 Å². The van der Waals surface area contributed by atoms with Crippen molar-refractivity contribution in [2.24, 2.45) is 0 Å². The molecule has 0 unspecified atom stereocenters. The maximum absolute atomic E-state index is 13.5. The molecule has 4 rings (SSSR count). The van der Waals surface area contributed by atoms with E-state index in [1.54, 1.807) is 4.90 Å². The van der Waals surface area contributed by atoms with E-state index >= 15 is 0 Å². The van der Waals surface area contributed by atoms with Gasteiger partial charge in [0.15, 0.2) is 0 Å². The van der Waals surface area contributed by atoms with Crippen LogP contribution in [0.4, 0.5) is 24.5 Å². The number of alkyl halides is 3. The zero-order chi connectivity index (χ0) is 20.8. The molecule has 29 heavy (non-hydrogen) atoms. The lowest BCUT2D eigenvalue weighted by molar-refractivity contribution is -0.136. The number of halogens is 3. The highest BCUT2D eigenvalue weighted by atomic mass is 32.1. The Morgan fingerprint density at radius 2 is 1.79 bits per heavy atom. The minimum absolute atomic E-state index is 0.122. The normalized spacial score (nSPS) is 15.2. The van der Waals surface area contributed by atoms with Crippen LogP contribution >= 0.6 is 11.3 Å². The second kappa shape index (κ2) is 7.22. The molecule has 0 saturated carbocycles. The Kier molecular flexibility index (Phi) is 4.85. The first-order valence-electron chi connectivity index (χ1n) is 9.12. The number of hydrogen-bond acceptors (Lipinski definition) is 5. The molecule has 1 aliphatic rings. The number of thiophene rings is 1. The fourth-order valence-corrected chi connectivity index (χ4v) is 4.71. The highest BCUT2D eigenvalue weighted by molar-refractivity contribution is 7.21. The number of nitrogens with zero attached hydrogens (tertiary/aromatic N) is 3. The van der Waals surface area contributed by atoms with Crippen molar-refractivity contribution in [2.45, 2.75) is 13.1 Å². The van der Waals surface area contributed by atoms with Gasteiger partial charge in [0.2, 0.25) is 0 Å². The molecule has 1 aliphatic heterocycles. The second-order valence-electron chi connectivity index (χ2n) is 6.95. The van der Waals surface area contributed by atoms with Crippen LogP contribution in [0.2, 0.25) is 0 Å². The number of hydrogen-bond donors (Lipinski definition) is 1. The average molecular weight is 420 g/mol. The zero-order valence-corrected chi connectivity index (χ0v) is 16.5. The standard InChI is InChI=1S/C20H19F3N4OS/c1-12-11-14(20(21,22)23)15-16(24)17(29-18(15)25-12)19(28)27-9-7-26(8-10-27)13-5-3-2-4-6-13/h2-6,11H,7-10,24H2,1H3. The Labute approximate surface area is 169 Å². The third-order valence-corrected chi connectivity index (χ3v) is 6.10. The Bertz CT molecular complexity index is 1060. The molecule has 1 saturated heterocycles. The largest absolute Gasteiger partial charge is 0.417 e. The number of fused-ring (bicyclic) bond motifs is 1. The molecule has 0 atom stereocenters. The topological polar surface area (TPSA) is 62.5 Å². The van der Waals surface area contributed by atoms with Crippen LogP contribution in [-0.4, -0.2) is 42.0 Å². The van der Waals surface area contributed by atoms with Crippen LogP contribution in [0, 0.1) is 6.92 Å². The number of pyridine rings is 1. The van der Waals surface area contributed by atoms with Gasteiger partial charge in [-0.15, -0.1) is 11.3 Å². The Balaban J connectivity index is 1.61. The number of aromatic nitrogens is 1. The molecule has 2 N–H and O–H groups in total. The molecule has 0 bridgehead atoms. The van der Waals surface area contributed by atoms with E-state index in [9.17, 15) is 18.0 Å². The number of nitrogens with two attached hydrogens (primary N) is 1. The van der Waals surface area contributed by atoms with Crippen LogP contribution < -0.4 is 10.6 Å². The second-order valence-corrected chi connectivity index (χ2v) is 7.95. The molecule has 0 spiro atoms. The van der Waals surface area contributed by atoms with Gasteiger partial charge in [-0.1, -0.05) is 18.2 Å². The van der Waals surface area contributed by atoms with Gasteiger partial charge >= 0.3 is 6.18 Å². The van der Waals surface area contributed by atoms with Crippen LogP contribution in [0.25, 0.3) is 10.2 Å². The number of benzene rings is 1. The van der Waals surface area contributed by atoms with Gasteiger partial charge in [0.25, 0.3) is 5.91 Å². The molecule has 3 heterocycles. The van der Waals surface area contributed by atoms with Crippen LogP contribution in [-0.2, 0) is 6.18 Å². The molecule has 5 nitrogen and oxygen atoms in total. The van der Waals surface area contributed by atoms with Crippen molar-refractivity contribution < 1.29 is 18.0 Å². The van der Waals surface area contributed by atoms with Gasteiger partial charge in [0.05, 0.1) is 11.3 Å². The molecule has 1 fully saturated rings. The van der Waals surface area contributed by atoms with Gasteiger partial charge in [-0.2, -0.15) is 13.2 Å². The number of aryl methyl sites for hydroxylation is 1. The van der Waals surface area contributed by atoms with Crippen molar-refractivity contribution in [1.82, 2.24) is 9.88 Å². The van der Waals surface area contributed by atoms with Crippen LogP contribution in [0.5, 0.6) is 0 Å². The predicted molar refractivity (Wildman–Crippen MR) is 108 cm³/mol. The van der Waals surface area contributed by atoms with Crippen LogP contribution in [0.15, 0.2) is 36.4 Å². The summed E-state index contributed by atoms with van der Waals surface area (Å²) in [5, 5.41) is -0.181. The first-order valence-corrected chi connectivity index (χ1v) is 9.93. The van der Waals surface area contributed by atoms with Crippen molar-refractivity contribution in [3.8, 4) is 0 Å². The molecular weight excluding hydrogens is 401 g/mol. The average Bonchev–Trinajstić information content (AvgIpc) is 3.03. The van der Waals surface area contributed by atoms with Gasteiger partial charge in [-0.05, 0) is 25.1 Å². The quantitative estimate of drug-likeness (QED) is 0.676. The van der Waals surface area contributed by atoms with Crippen molar-refractivity contribution in [3.05, 3.63) is 52.5 Å². The van der Waals surface area contributed by atoms with E-state index in [1.165, 1.54) is 6.92 Å². The van der Waals surface area contributed by atoms with Gasteiger partial charge in [0, 0.05) is 42.9 Å². The number of carbonyl (C=O) groups is 1. The third kappa shape index (κ3) is 3.62. The van der Waals surface area contributed by atoms with Gasteiger partial charge in [-0.25, -0.2) is 4.98 Å². The van der Waals surface area contributed by atoms with Gasteiger partial charge < -0.3 is 15.5 Å². The van der Waals surface area contributed by atoms with E-state index < -0.39 is 11.7 Å². The van der Waals surface area contributed by atoms with Crippen molar-refractivity contribution >= 4 is 38.8 Å². The first kappa shape index (κ1) is 19.5. The lowest BCUT2D eigenvalue weighted by Gasteiger charge is -2.36. The number of amides is 1. The molecule has 9 heteroatoms. The predicted octanol–water partition coefficient (Wildman–Crippen LogP) is 4.17.